The molecule has 26 heavy (non-hydrogen) atoms. The van der Waals surface area contributed by atoms with Crippen LogP contribution in [0.15, 0.2) is 6.07 Å². The molecule has 9 heteroatoms. The Morgan fingerprint density at radius 1 is 1.15 bits per heavy atom. The molecule has 1 aromatic carbocycles. The van der Waals surface area contributed by atoms with Crippen LogP contribution in [0.3, 0.4) is 0 Å². The maximum Gasteiger partial charge on any atom is 0.422 e. The number of carboxylic acid groups (broad SMARTS) is 1. The minimum atomic E-state index is -1.86. The van der Waals surface area contributed by atoms with Crippen molar-refractivity contribution in [3.05, 3.63) is 26.7 Å². The van der Waals surface area contributed by atoms with Gasteiger partial charge in [-0.15, -0.1) is 0 Å². The van der Waals surface area contributed by atoms with Crippen molar-refractivity contribution in [1.29, 1.82) is 0 Å². The van der Waals surface area contributed by atoms with Crippen LogP contribution in [0, 0.1) is 11.3 Å². The highest BCUT2D eigenvalue weighted by atomic mass is 35.5. The van der Waals surface area contributed by atoms with Gasteiger partial charge in [0.25, 0.3) is 0 Å². The summed E-state index contributed by atoms with van der Waals surface area (Å²) < 4.78 is 9.90. The first-order valence-corrected chi connectivity index (χ1v) is 8.76. The predicted molar refractivity (Wildman–Crippen MR) is 98.3 cm³/mol. The van der Waals surface area contributed by atoms with Crippen molar-refractivity contribution in [3.63, 3.8) is 0 Å². The van der Waals surface area contributed by atoms with Crippen LogP contribution in [0.4, 0.5) is 0 Å². The molecule has 0 spiro atoms. The zero-order valence-electron chi connectivity index (χ0n) is 14.7. The second-order valence-corrected chi connectivity index (χ2v) is 8.21. The molecule has 0 saturated heterocycles. The summed E-state index contributed by atoms with van der Waals surface area (Å²) in [6.07, 6.45) is 0.797. The van der Waals surface area contributed by atoms with E-state index in [0.717, 1.165) is 12.5 Å². The highest BCUT2D eigenvalue weighted by Crippen LogP contribution is 2.40. The van der Waals surface area contributed by atoms with Gasteiger partial charge in [0.2, 0.25) is 0 Å². The van der Waals surface area contributed by atoms with Crippen molar-refractivity contribution < 1.29 is 29.0 Å². The minimum absolute atomic E-state index is 0.0466. The average molecular weight is 426 g/mol. The number of hydrogen-bond donors (Lipinski definition) is 1. The molecule has 0 aliphatic heterocycles. The first-order valence-electron chi connectivity index (χ1n) is 7.63. The number of benzene rings is 1. The Kier molecular flexibility index (Phi) is 7.74. The van der Waals surface area contributed by atoms with Crippen LogP contribution in [0.2, 0.25) is 15.1 Å². The maximum absolute atomic E-state index is 12.4. The summed E-state index contributed by atoms with van der Waals surface area (Å²) >= 11 is 17.9. The molecule has 0 heterocycles. The molecule has 1 N–H and O–H groups in total. The summed E-state index contributed by atoms with van der Waals surface area (Å²) in [5.74, 6) is -4.86. The zero-order valence-corrected chi connectivity index (χ0v) is 17.0. The summed E-state index contributed by atoms with van der Waals surface area (Å²) in [4.78, 5) is 34.5. The topological polar surface area (TPSA) is 89.9 Å². The standard InChI is InChI=1S/C17H19Cl3O6/c1-8(6-17(2,3)4)7-25-15(23)11-12(20)9(18)5-10(19)13(11)26-16(24)14(21)22/h5,8H,6-7H2,1-4H3,(H,21,22). The fourth-order valence-electron chi connectivity index (χ4n) is 2.39. The molecule has 144 valence electrons. The monoisotopic (exact) mass is 424 g/mol. The van der Waals surface area contributed by atoms with E-state index in [4.69, 9.17) is 44.6 Å². The molecule has 0 radical (unpaired) electrons. The SMILES string of the molecule is CC(COC(=O)c1c(Cl)c(Cl)cc(Cl)c1OC(=O)C(=O)O)CC(C)(C)C. The van der Waals surface area contributed by atoms with E-state index in [1.165, 1.54) is 0 Å². The third-order valence-corrected chi connectivity index (χ3v) is 4.23. The van der Waals surface area contributed by atoms with Gasteiger partial charge < -0.3 is 14.6 Å². The van der Waals surface area contributed by atoms with Crippen LogP contribution in [0.5, 0.6) is 5.75 Å². The molecule has 0 aromatic heterocycles. The van der Waals surface area contributed by atoms with Gasteiger partial charge >= 0.3 is 17.9 Å². The van der Waals surface area contributed by atoms with Gasteiger partial charge in [0.15, 0.2) is 5.75 Å². The lowest BCUT2D eigenvalue weighted by Gasteiger charge is -2.23. The van der Waals surface area contributed by atoms with Crippen molar-refractivity contribution >= 4 is 52.7 Å². The van der Waals surface area contributed by atoms with E-state index in [9.17, 15) is 14.4 Å². The van der Waals surface area contributed by atoms with E-state index in [1.54, 1.807) is 0 Å². The van der Waals surface area contributed by atoms with Gasteiger partial charge in [-0.2, -0.15) is 0 Å². The third-order valence-electron chi connectivity index (χ3n) is 3.16. The molecule has 0 amide bonds. The molecule has 1 atom stereocenters. The Bertz CT molecular complexity index is 724. The molecule has 0 aliphatic carbocycles. The Balaban J connectivity index is 3.11. The predicted octanol–water partition coefficient (Wildman–Crippen LogP) is 4.87. The first kappa shape index (κ1) is 22.5. The van der Waals surface area contributed by atoms with Crippen molar-refractivity contribution in [2.75, 3.05) is 6.61 Å². The summed E-state index contributed by atoms with van der Waals surface area (Å²) in [5.41, 5.74) is -0.355. The molecule has 1 unspecified atom stereocenters. The van der Waals surface area contributed by atoms with E-state index in [0.29, 0.717) is 0 Å². The largest absolute Gasteiger partial charge is 0.473 e. The van der Waals surface area contributed by atoms with E-state index in [2.05, 4.69) is 25.5 Å². The molecular weight excluding hydrogens is 407 g/mol. The third kappa shape index (κ3) is 6.34. The zero-order chi connectivity index (χ0) is 20.2. The molecule has 0 bridgehead atoms. The number of carbonyl (C=O) groups excluding carboxylic acids is 2. The lowest BCUT2D eigenvalue weighted by Crippen LogP contribution is -2.22. The number of carboxylic acids is 1. The van der Waals surface area contributed by atoms with Crippen LogP contribution < -0.4 is 4.74 Å². The number of rotatable bonds is 5. The van der Waals surface area contributed by atoms with Gasteiger partial charge in [0.1, 0.15) is 5.56 Å². The highest BCUT2D eigenvalue weighted by molar-refractivity contribution is 6.46. The van der Waals surface area contributed by atoms with Crippen molar-refractivity contribution in [2.45, 2.75) is 34.1 Å². The molecular formula is C17H19Cl3O6. The molecule has 0 aliphatic rings. The molecule has 1 aromatic rings. The first-order chi connectivity index (χ1) is 11.8. The van der Waals surface area contributed by atoms with Crippen molar-refractivity contribution in [1.82, 2.24) is 0 Å². The van der Waals surface area contributed by atoms with Crippen LogP contribution in [0.25, 0.3) is 0 Å². The number of aliphatic carboxylic acids is 1. The van der Waals surface area contributed by atoms with Crippen LogP contribution in [0.1, 0.15) is 44.5 Å². The van der Waals surface area contributed by atoms with E-state index in [-0.39, 0.29) is 33.0 Å². The Morgan fingerprint density at radius 3 is 2.23 bits per heavy atom. The Hall–Kier alpha value is -1.50. The second-order valence-electron chi connectivity index (χ2n) is 7.02. The molecule has 1 rings (SSSR count). The minimum Gasteiger partial charge on any atom is -0.473 e. The summed E-state index contributed by atoms with van der Waals surface area (Å²) in [6, 6.07) is 1.13. The molecule has 6 nitrogen and oxygen atoms in total. The number of esters is 2. The number of carbonyl (C=O) groups is 3. The lowest BCUT2D eigenvalue weighted by atomic mass is 9.86. The summed E-state index contributed by atoms with van der Waals surface area (Å²) in [7, 11) is 0. The van der Waals surface area contributed by atoms with E-state index in [1.807, 2.05) is 6.92 Å². The smallest absolute Gasteiger partial charge is 0.422 e. The lowest BCUT2D eigenvalue weighted by molar-refractivity contribution is -0.158. The van der Waals surface area contributed by atoms with Gasteiger partial charge in [-0.05, 0) is 23.8 Å². The fraction of sp³-hybridized carbons (Fsp3) is 0.471. The van der Waals surface area contributed by atoms with Gasteiger partial charge in [0.05, 0.1) is 21.7 Å². The Labute approximate surface area is 166 Å². The van der Waals surface area contributed by atoms with E-state index < -0.39 is 29.2 Å². The molecule has 0 saturated carbocycles. The maximum atomic E-state index is 12.4. The van der Waals surface area contributed by atoms with Crippen LogP contribution in [-0.4, -0.2) is 29.6 Å². The van der Waals surface area contributed by atoms with E-state index >= 15 is 0 Å². The number of halogens is 3. The van der Waals surface area contributed by atoms with Gasteiger partial charge in [0, 0.05) is 0 Å². The van der Waals surface area contributed by atoms with Gasteiger partial charge in [-0.25, -0.2) is 14.4 Å². The van der Waals surface area contributed by atoms with Crippen molar-refractivity contribution in [3.8, 4) is 5.75 Å². The number of hydrogen-bond acceptors (Lipinski definition) is 5. The fourth-order valence-corrected chi connectivity index (χ4v) is 3.11. The van der Waals surface area contributed by atoms with Crippen LogP contribution >= 0.6 is 34.8 Å². The quantitative estimate of drug-likeness (QED) is 0.313. The molecule has 0 fully saturated rings. The summed E-state index contributed by atoms with van der Waals surface area (Å²) in [6.45, 7) is 8.17. The average Bonchev–Trinajstić information content (AvgIpc) is 2.48. The van der Waals surface area contributed by atoms with Crippen molar-refractivity contribution in [2.24, 2.45) is 11.3 Å². The van der Waals surface area contributed by atoms with Crippen LogP contribution in [-0.2, 0) is 14.3 Å². The summed E-state index contributed by atoms with van der Waals surface area (Å²) in [5, 5.41) is 8.11. The highest BCUT2D eigenvalue weighted by Gasteiger charge is 2.28. The number of ether oxygens (including phenoxy) is 2. The van der Waals surface area contributed by atoms with Gasteiger partial charge in [-0.1, -0.05) is 62.5 Å². The normalized spacial score (nSPS) is 12.4. The second kappa shape index (κ2) is 8.93. The van der Waals surface area contributed by atoms with Gasteiger partial charge in [-0.3, -0.25) is 0 Å². The Morgan fingerprint density at radius 2 is 1.73 bits per heavy atom.